The number of ketones is 2. The molecule has 3 nitrogen and oxygen atoms in total. The van der Waals surface area contributed by atoms with E-state index in [9.17, 15) is 9.59 Å². The number of Topliss-reactive ketones (excluding diaryl/α,β-unsaturated/α-hetero) is 1. The maximum absolute atomic E-state index is 12.5. The van der Waals surface area contributed by atoms with Crippen LogP contribution >= 0.6 is 0 Å². The van der Waals surface area contributed by atoms with E-state index in [2.05, 4.69) is 20.4 Å². The molecule has 3 heteroatoms. The highest BCUT2D eigenvalue weighted by Crippen LogP contribution is 2.65. The second kappa shape index (κ2) is 5.51. The third-order valence-corrected chi connectivity index (χ3v) is 7.88. The standard InChI is InChI=1S/C22H28O3/c1-13-9-16-17-5-6-20(24)21(17,2)8-7-18(16)22(3)14(12-25-4)10-15(23)11-19(13)22/h10-11,16-18H,1,5-9,12H2,2-4H3/t16-,17-,18-,21-,22+/m0/s1. The summed E-state index contributed by atoms with van der Waals surface area (Å²) >= 11 is 0. The van der Waals surface area contributed by atoms with Gasteiger partial charge in [-0.2, -0.15) is 0 Å². The number of carbonyl (C=O) groups excluding carboxylic acids is 2. The van der Waals surface area contributed by atoms with E-state index in [0.717, 1.165) is 48.8 Å². The monoisotopic (exact) mass is 340 g/mol. The molecule has 3 fully saturated rings. The number of hydrogen-bond donors (Lipinski definition) is 0. The fourth-order valence-electron chi connectivity index (χ4n) is 6.54. The molecular formula is C22H28O3. The Labute approximate surface area is 150 Å². The number of carbonyl (C=O) groups is 2. The van der Waals surface area contributed by atoms with Gasteiger partial charge in [0.15, 0.2) is 5.78 Å². The first-order valence-electron chi connectivity index (χ1n) is 9.50. The predicted molar refractivity (Wildman–Crippen MR) is 97.0 cm³/mol. The summed E-state index contributed by atoms with van der Waals surface area (Å²) in [5.41, 5.74) is 2.95. The molecule has 134 valence electrons. The van der Waals surface area contributed by atoms with Crippen molar-refractivity contribution in [3.05, 3.63) is 35.5 Å². The van der Waals surface area contributed by atoms with E-state index in [-0.39, 0.29) is 16.6 Å². The molecule has 0 radical (unpaired) electrons. The van der Waals surface area contributed by atoms with Gasteiger partial charge in [-0.3, -0.25) is 9.59 Å². The lowest BCUT2D eigenvalue weighted by Crippen LogP contribution is -2.52. The molecular weight excluding hydrogens is 312 g/mol. The maximum Gasteiger partial charge on any atom is 0.179 e. The molecule has 0 unspecified atom stereocenters. The quantitative estimate of drug-likeness (QED) is 0.762. The smallest absolute Gasteiger partial charge is 0.179 e. The van der Waals surface area contributed by atoms with Gasteiger partial charge in [-0.05, 0) is 66.7 Å². The first kappa shape index (κ1) is 17.0. The molecule has 4 aliphatic rings. The van der Waals surface area contributed by atoms with Crippen LogP contribution in [-0.4, -0.2) is 25.3 Å². The van der Waals surface area contributed by atoms with E-state index in [0.29, 0.717) is 30.1 Å². The van der Waals surface area contributed by atoms with Crippen LogP contribution < -0.4 is 0 Å². The van der Waals surface area contributed by atoms with Crippen molar-refractivity contribution in [2.45, 2.75) is 46.0 Å². The number of rotatable bonds is 2. The van der Waals surface area contributed by atoms with Crippen LogP contribution in [0, 0.1) is 28.6 Å². The largest absolute Gasteiger partial charge is 0.380 e. The van der Waals surface area contributed by atoms with Crippen LogP contribution in [0.1, 0.15) is 46.0 Å². The number of methoxy groups -OCH3 is 1. The molecule has 5 atom stereocenters. The van der Waals surface area contributed by atoms with E-state index in [1.165, 1.54) is 0 Å². The highest BCUT2D eigenvalue weighted by atomic mass is 16.5. The normalized spacial score (nSPS) is 43.2. The summed E-state index contributed by atoms with van der Waals surface area (Å²) in [5.74, 6) is 1.90. The Morgan fingerprint density at radius 1 is 1.20 bits per heavy atom. The van der Waals surface area contributed by atoms with E-state index in [1.807, 2.05) is 0 Å². The number of fused-ring (bicyclic) bond motifs is 5. The molecule has 0 aliphatic heterocycles. The van der Waals surface area contributed by atoms with E-state index in [4.69, 9.17) is 4.74 Å². The molecule has 4 rings (SSSR count). The maximum atomic E-state index is 12.5. The van der Waals surface area contributed by atoms with E-state index >= 15 is 0 Å². The third kappa shape index (κ3) is 2.14. The first-order valence-corrected chi connectivity index (χ1v) is 9.50. The average Bonchev–Trinajstić information content (AvgIpc) is 2.86. The molecule has 0 heterocycles. The molecule has 0 aromatic heterocycles. The van der Waals surface area contributed by atoms with Crippen LogP contribution in [-0.2, 0) is 14.3 Å². The molecule has 0 aromatic rings. The van der Waals surface area contributed by atoms with E-state index in [1.54, 1.807) is 19.3 Å². The van der Waals surface area contributed by atoms with Crippen LogP contribution in [0.15, 0.2) is 35.5 Å². The Hall–Kier alpha value is -1.48. The highest BCUT2D eigenvalue weighted by Gasteiger charge is 2.60. The Morgan fingerprint density at radius 3 is 2.68 bits per heavy atom. The van der Waals surface area contributed by atoms with Crippen LogP contribution in [0.2, 0.25) is 0 Å². The Balaban J connectivity index is 1.80. The molecule has 0 bridgehead atoms. The second-order valence-electron chi connectivity index (χ2n) is 8.87. The van der Waals surface area contributed by atoms with Gasteiger partial charge in [0.2, 0.25) is 0 Å². The van der Waals surface area contributed by atoms with Crippen molar-refractivity contribution in [1.82, 2.24) is 0 Å². The molecule has 4 aliphatic carbocycles. The van der Waals surface area contributed by atoms with Crippen molar-refractivity contribution in [2.75, 3.05) is 13.7 Å². The Morgan fingerprint density at radius 2 is 1.96 bits per heavy atom. The zero-order valence-corrected chi connectivity index (χ0v) is 15.6. The summed E-state index contributed by atoms with van der Waals surface area (Å²) in [5, 5.41) is 0. The van der Waals surface area contributed by atoms with Gasteiger partial charge in [0.05, 0.1) is 6.61 Å². The SMILES string of the molecule is C=C1C[C@@H]2[C@H](CC[C@]3(C)C(=O)CC[C@@H]23)[C@@]2(C)C(COC)=CC(=O)C=C12. The summed E-state index contributed by atoms with van der Waals surface area (Å²) in [6, 6.07) is 0. The fourth-order valence-corrected chi connectivity index (χ4v) is 6.54. The zero-order chi connectivity index (χ0) is 18.0. The fraction of sp³-hybridized carbons (Fsp3) is 0.636. The van der Waals surface area contributed by atoms with Crippen LogP contribution in [0.4, 0.5) is 0 Å². The minimum Gasteiger partial charge on any atom is -0.380 e. The van der Waals surface area contributed by atoms with Crippen molar-refractivity contribution in [3.63, 3.8) is 0 Å². The molecule has 0 N–H and O–H groups in total. The van der Waals surface area contributed by atoms with Crippen molar-refractivity contribution < 1.29 is 14.3 Å². The molecule has 25 heavy (non-hydrogen) atoms. The van der Waals surface area contributed by atoms with Crippen LogP contribution in [0.5, 0.6) is 0 Å². The first-order chi connectivity index (χ1) is 11.8. The van der Waals surface area contributed by atoms with E-state index < -0.39 is 0 Å². The van der Waals surface area contributed by atoms with Gasteiger partial charge in [0.1, 0.15) is 5.78 Å². The lowest BCUT2D eigenvalue weighted by atomic mass is 9.46. The number of ether oxygens (including phenoxy) is 1. The highest BCUT2D eigenvalue weighted by molar-refractivity contribution is 6.02. The topological polar surface area (TPSA) is 43.4 Å². The van der Waals surface area contributed by atoms with Crippen molar-refractivity contribution in [3.8, 4) is 0 Å². The third-order valence-electron chi connectivity index (χ3n) is 7.88. The summed E-state index contributed by atoms with van der Waals surface area (Å²) in [4.78, 5) is 24.8. The molecule has 0 aromatic carbocycles. The van der Waals surface area contributed by atoms with Crippen molar-refractivity contribution in [1.29, 1.82) is 0 Å². The molecule has 0 amide bonds. The van der Waals surface area contributed by atoms with Gasteiger partial charge in [0, 0.05) is 24.4 Å². The lowest BCUT2D eigenvalue weighted by Gasteiger charge is -2.57. The van der Waals surface area contributed by atoms with Crippen molar-refractivity contribution in [2.24, 2.45) is 28.6 Å². The minimum atomic E-state index is -0.184. The number of allylic oxidation sites excluding steroid dienone is 4. The zero-order valence-electron chi connectivity index (χ0n) is 15.6. The van der Waals surface area contributed by atoms with Gasteiger partial charge in [-0.1, -0.05) is 26.0 Å². The Kier molecular flexibility index (Phi) is 3.74. The number of hydrogen-bond acceptors (Lipinski definition) is 3. The molecule has 0 saturated heterocycles. The Bertz CT molecular complexity index is 728. The van der Waals surface area contributed by atoms with Gasteiger partial charge >= 0.3 is 0 Å². The van der Waals surface area contributed by atoms with Gasteiger partial charge in [-0.15, -0.1) is 0 Å². The lowest BCUT2D eigenvalue weighted by molar-refractivity contribution is -0.131. The van der Waals surface area contributed by atoms with Gasteiger partial charge in [0.25, 0.3) is 0 Å². The second-order valence-corrected chi connectivity index (χ2v) is 8.87. The van der Waals surface area contributed by atoms with Crippen LogP contribution in [0.3, 0.4) is 0 Å². The van der Waals surface area contributed by atoms with Crippen LogP contribution in [0.25, 0.3) is 0 Å². The summed E-state index contributed by atoms with van der Waals surface area (Å²) in [7, 11) is 1.69. The van der Waals surface area contributed by atoms with Gasteiger partial charge in [-0.25, -0.2) is 0 Å². The predicted octanol–water partition coefficient (Wildman–Crippen LogP) is 4.05. The summed E-state index contributed by atoms with van der Waals surface area (Å²) in [6.07, 6.45) is 8.26. The molecule has 0 spiro atoms. The summed E-state index contributed by atoms with van der Waals surface area (Å²) < 4.78 is 5.45. The van der Waals surface area contributed by atoms with Crippen molar-refractivity contribution >= 4 is 11.6 Å². The molecule has 3 saturated carbocycles. The minimum absolute atomic E-state index is 0.0517. The summed E-state index contributed by atoms with van der Waals surface area (Å²) in [6.45, 7) is 9.30. The van der Waals surface area contributed by atoms with Gasteiger partial charge < -0.3 is 4.74 Å². The average molecular weight is 340 g/mol.